The maximum atomic E-state index is 11.8. The number of nitrogens with zero attached hydrogens (tertiary/aromatic N) is 1. The Kier molecular flexibility index (Phi) is 6.97. The van der Waals surface area contributed by atoms with Gasteiger partial charge in [0.05, 0.1) is 6.54 Å². The minimum atomic E-state index is 0.238. The Labute approximate surface area is 110 Å². The van der Waals surface area contributed by atoms with Crippen molar-refractivity contribution in [1.82, 2.24) is 10.2 Å². The third-order valence-corrected chi connectivity index (χ3v) is 4.80. The summed E-state index contributed by atoms with van der Waals surface area (Å²) in [6, 6.07) is 0.554. The first-order chi connectivity index (χ1) is 8.21. The van der Waals surface area contributed by atoms with E-state index >= 15 is 0 Å². The maximum absolute atomic E-state index is 11.8. The van der Waals surface area contributed by atoms with Crippen LogP contribution in [-0.2, 0) is 4.79 Å². The number of carbonyl (C=O) groups is 1. The summed E-state index contributed by atoms with van der Waals surface area (Å²) in [6.45, 7) is 6.21. The van der Waals surface area contributed by atoms with E-state index in [4.69, 9.17) is 0 Å². The maximum Gasteiger partial charge on any atom is 0.236 e. The van der Waals surface area contributed by atoms with Crippen LogP contribution in [0.2, 0.25) is 0 Å². The normalized spacial score (nSPS) is 24.6. The molecule has 0 bridgehead atoms. The second-order valence-electron chi connectivity index (χ2n) is 4.66. The summed E-state index contributed by atoms with van der Waals surface area (Å²) in [6.07, 6.45) is 7.22. The van der Waals surface area contributed by atoms with Gasteiger partial charge in [-0.05, 0) is 45.8 Å². The van der Waals surface area contributed by atoms with E-state index in [0.29, 0.717) is 12.6 Å². The lowest BCUT2D eigenvalue weighted by Gasteiger charge is -2.28. The van der Waals surface area contributed by atoms with Crippen molar-refractivity contribution in [2.45, 2.75) is 50.8 Å². The molecule has 3 nitrogen and oxygen atoms in total. The average molecular weight is 258 g/mol. The van der Waals surface area contributed by atoms with Gasteiger partial charge >= 0.3 is 0 Å². The Bertz CT molecular complexity index is 223. The topological polar surface area (TPSA) is 32.3 Å². The fourth-order valence-corrected chi connectivity index (χ4v) is 3.17. The van der Waals surface area contributed by atoms with Crippen LogP contribution in [0.3, 0.4) is 0 Å². The average Bonchev–Trinajstić information content (AvgIpc) is 2.38. The number of amides is 1. The molecular weight excluding hydrogens is 232 g/mol. The highest BCUT2D eigenvalue weighted by Gasteiger charge is 2.21. The van der Waals surface area contributed by atoms with Crippen molar-refractivity contribution >= 4 is 17.7 Å². The quantitative estimate of drug-likeness (QED) is 0.792. The molecule has 1 aliphatic rings. The number of nitrogens with one attached hydrogen (secondary N) is 1. The minimum absolute atomic E-state index is 0.238. The molecule has 0 unspecified atom stereocenters. The van der Waals surface area contributed by atoms with E-state index in [1.54, 1.807) is 0 Å². The number of hydrogen-bond donors (Lipinski definition) is 1. The number of rotatable bonds is 6. The van der Waals surface area contributed by atoms with Gasteiger partial charge in [0.15, 0.2) is 0 Å². The summed E-state index contributed by atoms with van der Waals surface area (Å²) < 4.78 is 0. The Hall–Kier alpha value is -0.220. The molecule has 1 rings (SSSR count). The van der Waals surface area contributed by atoms with Crippen molar-refractivity contribution in [3.63, 3.8) is 0 Å². The Morgan fingerprint density at radius 1 is 1.24 bits per heavy atom. The van der Waals surface area contributed by atoms with Crippen molar-refractivity contribution in [2.75, 3.05) is 25.9 Å². The van der Waals surface area contributed by atoms with Gasteiger partial charge < -0.3 is 10.2 Å². The van der Waals surface area contributed by atoms with Gasteiger partial charge in [0.1, 0.15) is 0 Å². The number of thioether (sulfide) groups is 1. The lowest BCUT2D eigenvalue weighted by atomic mass is 9.95. The molecule has 4 heteroatoms. The second kappa shape index (κ2) is 7.98. The highest BCUT2D eigenvalue weighted by Crippen LogP contribution is 2.26. The molecule has 0 aromatic carbocycles. The molecule has 0 aliphatic heterocycles. The molecule has 0 atom stereocenters. The summed E-state index contributed by atoms with van der Waals surface area (Å²) in [5, 5.41) is 4.25. The van der Waals surface area contributed by atoms with Crippen LogP contribution in [0.1, 0.15) is 39.5 Å². The zero-order chi connectivity index (χ0) is 12.7. The van der Waals surface area contributed by atoms with Crippen LogP contribution < -0.4 is 5.32 Å². The van der Waals surface area contributed by atoms with E-state index in [-0.39, 0.29) is 5.91 Å². The molecule has 0 saturated heterocycles. The van der Waals surface area contributed by atoms with Gasteiger partial charge in [-0.1, -0.05) is 0 Å². The van der Waals surface area contributed by atoms with E-state index < -0.39 is 0 Å². The molecule has 0 spiro atoms. The zero-order valence-corrected chi connectivity index (χ0v) is 12.2. The number of carbonyl (C=O) groups excluding carboxylic acids is 1. The molecule has 1 aliphatic carbocycles. The number of hydrogen-bond acceptors (Lipinski definition) is 3. The third-order valence-electron chi connectivity index (χ3n) is 3.67. The molecule has 0 radical (unpaired) electrons. The van der Waals surface area contributed by atoms with E-state index in [1.807, 2.05) is 30.5 Å². The fraction of sp³-hybridized carbons (Fsp3) is 0.923. The summed E-state index contributed by atoms with van der Waals surface area (Å²) in [7, 11) is 0. The standard InChI is InChI=1S/C13H26N2OS/c1-4-15(5-2)13(16)10-14-11-6-8-12(17-3)9-7-11/h11-12,14H,4-10H2,1-3H3. The molecular formula is C13H26N2OS. The summed E-state index contributed by atoms with van der Waals surface area (Å²) >= 11 is 1.98. The molecule has 0 heterocycles. The van der Waals surface area contributed by atoms with Crippen molar-refractivity contribution < 1.29 is 4.79 Å². The molecule has 1 saturated carbocycles. The van der Waals surface area contributed by atoms with Crippen molar-refractivity contribution in [2.24, 2.45) is 0 Å². The van der Waals surface area contributed by atoms with Gasteiger partial charge in [-0.25, -0.2) is 0 Å². The van der Waals surface area contributed by atoms with Crippen molar-refractivity contribution in [3.8, 4) is 0 Å². The summed E-state index contributed by atoms with van der Waals surface area (Å²) in [4.78, 5) is 13.7. The molecule has 0 aromatic heterocycles. The lowest BCUT2D eigenvalue weighted by Crippen LogP contribution is -2.43. The Morgan fingerprint density at radius 2 is 1.82 bits per heavy atom. The first-order valence-electron chi connectivity index (χ1n) is 6.75. The molecule has 1 amide bonds. The fourth-order valence-electron chi connectivity index (χ4n) is 2.42. The van der Waals surface area contributed by atoms with Crippen LogP contribution in [0.15, 0.2) is 0 Å². The SMILES string of the molecule is CCN(CC)C(=O)CNC1CCC(SC)CC1. The van der Waals surface area contributed by atoms with Crippen molar-refractivity contribution in [1.29, 1.82) is 0 Å². The van der Waals surface area contributed by atoms with Gasteiger partial charge in [0.25, 0.3) is 0 Å². The third kappa shape index (κ3) is 4.88. The van der Waals surface area contributed by atoms with E-state index in [1.165, 1.54) is 25.7 Å². The highest BCUT2D eigenvalue weighted by atomic mass is 32.2. The van der Waals surface area contributed by atoms with Gasteiger partial charge in [0, 0.05) is 24.4 Å². The van der Waals surface area contributed by atoms with Crippen LogP contribution in [0.25, 0.3) is 0 Å². The van der Waals surface area contributed by atoms with Gasteiger partial charge in [-0.3, -0.25) is 4.79 Å². The van der Waals surface area contributed by atoms with Gasteiger partial charge in [-0.2, -0.15) is 11.8 Å². The zero-order valence-electron chi connectivity index (χ0n) is 11.4. The number of likely N-dealkylation sites (N-methyl/N-ethyl adjacent to an activating group) is 1. The highest BCUT2D eigenvalue weighted by molar-refractivity contribution is 7.99. The second-order valence-corrected chi connectivity index (χ2v) is 5.79. The van der Waals surface area contributed by atoms with Crippen LogP contribution in [-0.4, -0.2) is 48.0 Å². The Balaban J connectivity index is 2.21. The molecule has 17 heavy (non-hydrogen) atoms. The van der Waals surface area contributed by atoms with Crippen molar-refractivity contribution in [3.05, 3.63) is 0 Å². The molecule has 1 fully saturated rings. The summed E-state index contributed by atoms with van der Waals surface area (Å²) in [5.74, 6) is 0.238. The van der Waals surface area contributed by atoms with Crippen LogP contribution in [0.5, 0.6) is 0 Å². The van der Waals surface area contributed by atoms with Gasteiger partial charge in [0.2, 0.25) is 5.91 Å². The van der Waals surface area contributed by atoms with Crippen LogP contribution in [0, 0.1) is 0 Å². The minimum Gasteiger partial charge on any atom is -0.342 e. The van der Waals surface area contributed by atoms with E-state index in [9.17, 15) is 4.79 Å². The predicted octanol–water partition coefficient (Wildman–Crippen LogP) is 2.12. The Morgan fingerprint density at radius 3 is 2.29 bits per heavy atom. The molecule has 1 N–H and O–H groups in total. The van der Waals surface area contributed by atoms with E-state index in [2.05, 4.69) is 11.6 Å². The van der Waals surface area contributed by atoms with E-state index in [0.717, 1.165) is 18.3 Å². The first kappa shape index (κ1) is 14.8. The smallest absolute Gasteiger partial charge is 0.236 e. The predicted molar refractivity (Wildman–Crippen MR) is 75.5 cm³/mol. The molecule has 0 aromatic rings. The first-order valence-corrected chi connectivity index (χ1v) is 8.04. The summed E-state index contributed by atoms with van der Waals surface area (Å²) in [5.41, 5.74) is 0. The lowest BCUT2D eigenvalue weighted by molar-refractivity contribution is -0.130. The largest absolute Gasteiger partial charge is 0.342 e. The molecule has 100 valence electrons. The van der Waals surface area contributed by atoms with Gasteiger partial charge in [-0.15, -0.1) is 0 Å². The van der Waals surface area contributed by atoms with Crippen LogP contribution in [0.4, 0.5) is 0 Å². The van der Waals surface area contributed by atoms with Crippen LogP contribution >= 0.6 is 11.8 Å². The monoisotopic (exact) mass is 258 g/mol.